The van der Waals surface area contributed by atoms with Gasteiger partial charge in [-0.1, -0.05) is 11.6 Å². The van der Waals surface area contributed by atoms with Crippen LogP contribution in [0.5, 0.6) is 0 Å². The van der Waals surface area contributed by atoms with Crippen LogP contribution in [0.4, 0.5) is 5.69 Å². The van der Waals surface area contributed by atoms with Gasteiger partial charge in [0.1, 0.15) is 17.5 Å². The zero-order valence-corrected chi connectivity index (χ0v) is 16.3. The molecular weight excluding hydrogens is 420 g/mol. The minimum atomic E-state index is -0.425. The minimum Gasteiger partial charge on any atom is -0.374 e. The number of nitrogens with zero attached hydrogens (tertiary/aromatic N) is 2. The Bertz CT molecular complexity index is 1180. The molecule has 0 radical (unpaired) electrons. The smallest absolute Gasteiger partial charge is 0.274 e. The molecule has 3 aromatic rings. The molecular formula is C18H14BrClN4O2. The SMILES string of the molecule is C[C@H](Nc1ccc(C#N)n(C)c1=O)c1cc2cc(Cl)c(Br)cc2[nH]c1=O. The number of aromatic amines is 1. The van der Waals surface area contributed by atoms with E-state index in [1.54, 1.807) is 37.3 Å². The van der Waals surface area contributed by atoms with Crippen molar-refractivity contribution in [2.24, 2.45) is 7.05 Å². The zero-order valence-electron chi connectivity index (χ0n) is 13.9. The summed E-state index contributed by atoms with van der Waals surface area (Å²) in [6, 6.07) is 9.88. The Hall–Kier alpha value is -2.56. The van der Waals surface area contributed by atoms with Gasteiger partial charge < -0.3 is 14.9 Å². The summed E-state index contributed by atoms with van der Waals surface area (Å²) in [7, 11) is 1.53. The molecule has 2 N–H and O–H groups in total. The van der Waals surface area contributed by atoms with E-state index in [4.69, 9.17) is 16.9 Å². The molecule has 0 aliphatic rings. The fraction of sp³-hybridized carbons (Fsp3) is 0.167. The van der Waals surface area contributed by atoms with Gasteiger partial charge in [0.05, 0.1) is 11.1 Å². The summed E-state index contributed by atoms with van der Waals surface area (Å²) in [6.45, 7) is 1.79. The number of rotatable bonds is 3. The predicted octanol–water partition coefficient (Wildman–Crippen LogP) is 3.69. The van der Waals surface area contributed by atoms with E-state index in [-0.39, 0.29) is 16.8 Å². The molecule has 132 valence electrons. The number of pyridine rings is 2. The number of fused-ring (bicyclic) bond motifs is 1. The summed E-state index contributed by atoms with van der Waals surface area (Å²) in [5, 5.41) is 13.4. The zero-order chi connectivity index (χ0) is 19.0. The van der Waals surface area contributed by atoms with E-state index < -0.39 is 6.04 Å². The molecule has 0 saturated carbocycles. The molecule has 1 aromatic carbocycles. The molecule has 2 aromatic heterocycles. The summed E-state index contributed by atoms with van der Waals surface area (Å²) >= 11 is 9.46. The average Bonchev–Trinajstić information content (AvgIpc) is 2.60. The maximum Gasteiger partial charge on any atom is 0.274 e. The third-order valence-electron chi connectivity index (χ3n) is 4.17. The van der Waals surface area contributed by atoms with Gasteiger partial charge in [-0.15, -0.1) is 0 Å². The number of anilines is 1. The van der Waals surface area contributed by atoms with Crippen LogP contribution in [0.25, 0.3) is 10.9 Å². The van der Waals surface area contributed by atoms with Crippen LogP contribution in [0.15, 0.2) is 44.4 Å². The first kappa shape index (κ1) is 18.2. The van der Waals surface area contributed by atoms with Gasteiger partial charge in [0, 0.05) is 28.0 Å². The Morgan fingerprint density at radius 1 is 1.31 bits per heavy atom. The first-order valence-corrected chi connectivity index (χ1v) is 8.87. The van der Waals surface area contributed by atoms with Crippen LogP contribution in [0.1, 0.15) is 24.2 Å². The van der Waals surface area contributed by atoms with Crippen LogP contribution < -0.4 is 16.4 Å². The Balaban J connectivity index is 2.02. The summed E-state index contributed by atoms with van der Waals surface area (Å²) in [5.41, 5.74) is 1.13. The second-order valence-corrected chi connectivity index (χ2v) is 7.14. The van der Waals surface area contributed by atoms with Crippen LogP contribution in [-0.4, -0.2) is 9.55 Å². The van der Waals surface area contributed by atoms with E-state index in [1.807, 2.05) is 6.07 Å². The summed E-state index contributed by atoms with van der Waals surface area (Å²) in [5.74, 6) is 0. The van der Waals surface area contributed by atoms with E-state index in [2.05, 4.69) is 26.2 Å². The number of nitriles is 1. The summed E-state index contributed by atoms with van der Waals surface area (Å²) in [4.78, 5) is 27.6. The van der Waals surface area contributed by atoms with Gasteiger partial charge in [-0.25, -0.2) is 0 Å². The highest BCUT2D eigenvalue weighted by molar-refractivity contribution is 9.10. The molecule has 0 saturated heterocycles. The fourth-order valence-electron chi connectivity index (χ4n) is 2.71. The Morgan fingerprint density at radius 3 is 2.73 bits per heavy atom. The van der Waals surface area contributed by atoms with Crippen molar-refractivity contribution >= 4 is 44.1 Å². The molecule has 2 heterocycles. The van der Waals surface area contributed by atoms with Gasteiger partial charge >= 0.3 is 0 Å². The molecule has 0 spiro atoms. The van der Waals surface area contributed by atoms with Gasteiger partial charge in [0.25, 0.3) is 11.1 Å². The van der Waals surface area contributed by atoms with Crippen molar-refractivity contribution < 1.29 is 0 Å². The van der Waals surface area contributed by atoms with Crippen molar-refractivity contribution in [3.63, 3.8) is 0 Å². The molecule has 0 unspecified atom stereocenters. The first-order valence-electron chi connectivity index (χ1n) is 7.70. The number of benzene rings is 1. The fourth-order valence-corrected chi connectivity index (χ4v) is 3.22. The van der Waals surface area contributed by atoms with Crippen molar-refractivity contribution in [3.8, 4) is 6.07 Å². The third kappa shape index (κ3) is 3.26. The lowest BCUT2D eigenvalue weighted by Gasteiger charge is -2.16. The van der Waals surface area contributed by atoms with Crippen LogP contribution in [0.2, 0.25) is 5.02 Å². The van der Waals surface area contributed by atoms with Crippen molar-refractivity contribution in [3.05, 3.63) is 71.8 Å². The van der Waals surface area contributed by atoms with Crippen molar-refractivity contribution in [2.45, 2.75) is 13.0 Å². The van der Waals surface area contributed by atoms with E-state index in [9.17, 15) is 9.59 Å². The Kier molecular flexibility index (Phi) is 4.90. The molecule has 0 bridgehead atoms. The number of nitrogens with one attached hydrogen (secondary N) is 2. The lowest BCUT2D eigenvalue weighted by Crippen LogP contribution is -2.26. The van der Waals surface area contributed by atoms with Crippen LogP contribution in [-0.2, 0) is 7.05 Å². The Morgan fingerprint density at radius 2 is 2.04 bits per heavy atom. The second kappa shape index (κ2) is 6.98. The molecule has 0 fully saturated rings. The predicted molar refractivity (Wildman–Crippen MR) is 106 cm³/mol. The van der Waals surface area contributed by atoms with Gasteiger partial charge in [-0.3, -0.25) is 9.59 Å². The minimum absolute atomic E-state index is 0.253. The molecule has 8 heteroatoms. The molecule has 0 amide bonds. The monoisotopic (exact) mass is 432 g/mol. The lowest BCUT2D eigenvalue weighted by atomic mass is 10.1. The van der Waals surface area contributed by atoms with E-state index in [0.29, 0.717) is 26.3 Å². The Labute approximate surface area is 162 Å². The maximum atomic E-state index is 12.4. The highest BCUT2D eigenvalue weighted by Crippen LogP contribution is 2.28. The average molecular weight is 434 g/mol. The van der Waals surface area contributed by atoms with Crippen LogP contribution in [0, 0.1) is 11.3 Å². The van der Waals surface area contributed by atoms with Crippen LogP contribution >= 0.6 is 27.5 Å². The lowest BCUT2D eigenvalue weighted by molar-refractivity contribution is 0.818. The highest BCUT2D eigenvalue weighted by atomic mass is 79.9. The van der Waals surface area contributed by atoms with Gasteiger partial charge in [0.2, 0.25) is 0 Å². The second-order valence-electron chi connectivity index (χ2n) is 5.88. The van der Waals surface area contributed by atoms with E-state index in [1.165, 1.54) is 11.6 Å². The van der Waals surface area contributed by atoms with Crippen molar-refractivity contribution in [2.75, 3.05) is 5.32 Å². The van der Waals surface area contributed by atoms with Gasteiger partial charge in [-0.2, -0.15) is 5.26 Å². The quantitative estimate of drug-likeness (QED) is 0.659. The molecule has 26 heavy (non-hydrogen) atoms. The van der Waals surface area contributed by atoms with E-state index >= 15 is 0 Å². The topological polar surface area (TPSA) is 90.7 Å². The number of hydrogen-bond donors (Lipinski definition) is 2. The number of aromatic nitrogens is 2. The van der Waals surface area contributed by atoms with Crippen LogP contribution in [0.3, 0.4) is 0 Å². The van der Waals surface area contributed by atoms with Gasteiger partial charge in [0.15, 0.2) is 0 Å². The molecule has 0 aliphatic carbocycles. The van der Waals surface area contributed by atoms with Crippen molar-refractivity contribution in [1.29, 1.82) is 5.26 Å². The first-order chi connectivity index (χ1) is 12.3. The summed E-state index contributed by atoms with van der Waals surface area (Å²) in [6.07, 6.45) is 0. The number of halogens is 2. The molecule has 1 atom stereocenters. The van der Waals surface area contributed by atoms with Crippen molar-refractivity contribution in [1.82, 2.24) is 9.55 Å². The van der Waals surface area contributed by atoms with Gasteiger partial charge in [-0.05, 0) is 53.2 Å². The molecule has 0 aliphatic heterocycles. The normalized spacial score (nSPS) is 12.0. The van der Waals surface area contributed by atoms with E-state index in [0.717, 1.165) is 5.39 Å². The molecule has 3 rings (SSSR count). The third-order valence-corrected chi connectivity index (χ3v) is 5.37. The largest absolute Gasteiger partial charge is 0.374 e. The molecule has 6 nitrogen and oxygen atoms in total. The number of hydrogen-bond acceptors (Lipinski definition) is 4. The standard InChI is InChI=1S/C18H14BrClN4O2/c1-9(22-15-4-3-11(8-21)24(2)18(15)26)12-5-10-6-14(20)13(19)7-16(10)23-17(12)25/h3-7,9,22H,1-2H3,(H,23,25)/t9-/m0/s1. The highest BCUT2D eigenvalue weighted by Gasteiger charge is 2.14. The maximum absolute atomic E-state index is 12.4. The number of H-pyrrole nitrogens is 1. The summed E-state index contributed by atoms with van der Waals surface area (Å²) < 4.78 is 1.96.